The fourth-order valence-electron chi connectivity index (χ4n) is 2.38. The maximum Gasteiger partial charge on any atom is 0.272 e. The van der Waals surface area contributed by atoms with Gasteiger partial charge < -0.3 is 10.6 Å². The number of pyridine rings is 1. The van der Waals surface area contributed by atoms with Crippen LogP contribution in [-0.2, 0) is 0 Å². The van der Waals surface area contributed by atoms with Crippen LogP contribution >= 0.6 is 0 Å². The first kappa shape index (κ1) is 13.8. The molecule has 0 radical (unpaired) electrons. The first-order valence-electron chi connectivity index (χ1n) is 6.79. The lowest BCUT2D eigenvalue weighted by atomic mass is 10.2. The Morgan fingerprint density at radius 2 is 2.05 bits per heavy atom. The van der Waals surface area contributed by atoms with Gasteiger partial charge in [-0.25, -0.2) is 0 Å². The van der Waals surface area contributed by atoms with E-state index in [1.54, 1.807) is 18.3 Å². The third kappa shape index (κ3) is 3.67. The topological polar surface area (TPSA) is 62.5 Å². The van der Waals surface area contributed by atoms with Crippen molar-refractivity contribution in [1.29, 1.82) is 0 Å². The Balaban J connectivity index is 1.92. The average molecular weight is 262 g/mol. The smallest absolute Gasteiger partial charge is 0.272 e. The summed E-state index contributed by atoms with van der Waals surface area (Å²) in [5.74, 6) is 0.648. The number of carbonyl (C=O) groups is 1. The van der Waals surface area contributed by atoms with Gasteiger partial charge in [-0.2, -0.15) is 0 Å². The molecule has 0 atom stereocenters. The highest BCUT2D eigenvalue weighted by Crippen LogP contribution is 2.10. The molecule has 1 aliphatic heterocycles. The monoisotopic (exact) mass is 262 g/mol. The Morgan fingerprint density at radius 1 is 1.37 bits per heavy atom. The quantitative estimate of drug-likeness (QED) is 0.885. The molecule has 0 spiro atoms. The average Bonchev–Trinajstić information content (AvgIpc) is 2.38. The lowest BCUT2D eigenvalue weighted by Gasteiger charge is -2.35. The van der Waals surface area contributed by atoms with Gasteiger partial charge in [0.2, 0.25) is 0 Å². The van der Waals surface area contributed by atoms with Gasteiger partial charge in [0, 0.05) is 44.6 Å². The summed E-state index contributed by atoms with van der Waals surface area (Å²) in [6.07, 6.45) is 1.58. The number of aromatic nitrogens is 1. The summed E-state index contributed by atoms with van der Waals surface area (Å²) in [6.45, 7) is 8.93. The predicted octanol–water partition coefficient (Wildman–Crippen LogP) is 1.08. The van der Waals surface area contributed by atoms with E-state index in [0.717, 1.165) is 32.7 Å². The summed E-state index contributed by atoms with van der Waals surface area (Å²) in [5, 5.41) is 0. The summed E-state index contributed by atoms with van der Waals surface area (Å²) in [6, 6.07) is 3.33. The third-order valence-electron chi connectivity index (χ3n) is 3.29. The van der Waals surface area contributed by atoms with Crippen molar-refractivity contribution in [3.63, 3.8) is 0 Å². The zero-order valence-corrected chi connectivity index (χ0v) is 11.7. The minimum absolute atomic E-state index is 0.0171. The Hall–Kier alpha value is -1.62. The second-order valence-electron chi connectivity index (χ2n) is 5.46. The second-order valence-corrected chi connectivity index (χ2v) is 5.46. The van der Waals surface area contributed by atoms with Gasteiger partial charge in [0.15, 0.2) is 0 Å². The largest absolute Gasteiger partial charge is 0.399 e. The van der Waals surface area contributed by atoms with Crippen molar-refractivity contribution in [3.05, 3.63) is 24.0 Å². The van der Waals surface area contributed by atoms with Crippen molar-refractivity contribution in [2.75, 3.05) is 38.5 Å². The minimum Gasteiger partial charge on any atom is -0.399 e. The first-order valence-corrected chi connectivity index (χ1v) is 6.79. The molecule has 2 heterocycles. The standard InChI is InChI=1S/C14H22N4O/c1-11(2)10-17-5-7-18(8-6-17)14(19)13-9-12(15)3-4-16-13/h3-4,9,11H,5-8,10H2,1-2H3,(H2,15,16). The molecule has 19 heavy (non-hydrogen) atoms. The van der Waals surface area contributed by atoms with Gasteiger partial charge in [0.1, 0.15) is 5.69 Å². The van der Waals surface area contributed by atoms with Crippen molar-refractivity contribution in [2.24, 2.45) is 5.92 Å². The Bertz CT molecular complexity index is 439. The number of anilines is 1. The molecular weight excluding hydrogens is 240 g/mol. The van der Waals surface area contributed by atoms with Gasteiger partial charge >= 0.3 is 0 Å². The summed E-state index contributed by atoms with van der Waals surface area (Å²) < 4.78 is 0. The molecule has 5 nitrogen and oxygen atoms in total. The summed E-state index contributed by atoms with van der Waals surface area (Å²) in [5.41, 5.74) is 6.71. The molecule has 104 valence electrons. The normalized spacial score (nSPS) is 16.9. The Labute approximate surface area is 114 Å². The van der Waals surface area contributed by atoms with E-state index in [-0.39, 0.29) is 5.91 Å². The molecule has 5 heteroatoms. The van der Waals surface area contributed by atoms with Crippen LogP contribution in [0.1, 0.15) is 24.3 Å². The maximum absolute atomic E-state index is 12.3. The number of nitrogens with two attached hydrogens (primary N) is 1. The van der Waals surface area contributed by atoms with E-state index in [1.165, 1.54) is 0 Å². The molecule has 2 rings (SSSR count). The van der Waals surface area contributed by atoms with E-state index in [2.05, 4.69) is 23.7 Å². The van der Waals surface area contributed by atoms with Crippen LogP contribution in [0, 0.1) is 5.92 Å². The van der Waals surface area contributed by atoms with Crippen LogP contribution in [0.4, 0.5) is 5.69 Å². The fraction of sp³-hybridized carbons (Fsp3) is 0.571. The van der Waals surface area contributed by atoms with Crippen molar-refractivity contribution in [2.45, 2.75) is 13.8 Å². The van der Waals surface area contributed by atoms with Gasteiger partial charge in [0.05, 0.1) is 0 Å². The van der Waals surface area contributed by atoms with Gasteiger partial charge in [-0.1, -0.05) is 13.8 Å². The van der Waals surface area contributed by atoms with E-state index in [9.17, 15) is 4.79 Å². The zero-order chi connectivity index (χ0) is 13.8. The second kappa shape index (κ2) is 6.02. The lowest BCUT2D eigenvalue weighted by molar-refractivity contribution is 0.0618. The minimum atomic E-state index is -0.0171. The Kier molecular flexibility index (Phi) is 4.37. The van der Waals surface area contributed by atoms with Crippen molar-refractivity contribution in [3.8, 4) is 0 Å². The number of nitrogens with zero attached hydrogens (tertiary/aromatic N) is 3. The van der Waals surface area contributed by atoms with E-state index < -0.39 is 0 Å². The van der Waals surface area contributed by atoms with Crippen LogP contribution in [0.15, 0.2) is 18.3 Å². The molecule has 1 amide bonds. The summed E-state index contributed by atoms with van der Waals surface area (Å²) in [7, 11) is 0. The van der Waals surface area contributed by atoms with E-state index in [1.807, 2.05) is 4.90 Å². The zero-order valence-electron chi connectivity index (χ0n) is 11.7. The molecule has 1 fully saturated rings. The van der Waals surface area contributed by atoms with Crippen LogP contribution in [-0.4, -0.2) is 53.4 Å². The Morgan fingerprint density at radius 3 is 2.63 bits per heavy atom. The highest BCUT2D eigenvalue weighted by Gasteiger charge is 2.23. The first-order chi connectivity index (χ1) is 9.06. The molecular formula is C14H22N4O. The molecule has 1 aromatic heterocycles. The van der Waals surface area contributed by atoms with E-state index >= 15 is 0 Å². The lowest BCUT2D eigenvalue weighted by Crippen LogP contribution is -2.49. The van der Waals surface area contributed by atoms with E-state index in [4.69, 9.17) is 5.73 Å². The number of nitrogen functional groups attached to an aromatic ring is 1. The van der Waals surface area contributed by atoms with Crippen LogP contribution in [0.2, 0.25) is 0 Å². The van der Waals surface area contributed by atoms with Crippen molar-refractivity contribution in [1.82, 2.24) is 14.8 Å². The highest BCUT2D eigenvalue weighted by atomic mass is 16.2. The molecule has 1 saturated heterocycles. The highest BCUT2D eigenvalue weighted by molar-refractivity contribution is 5.93. The van der Waals surface area contributed by atoms with Gasteiger partial charge in [-0.05, 0) is 18.1 Å². The number of rotatable bonds is 3. The van der Waals surface area contributed by atoms with E-state index in [0.29, 0.717) is 17.3 Å². The number of hydrogen-bond donors (Lipinski definition) is 1. The van der Waals surface area contributed by atoms with Gasteiger partial charge in [0.25, 0.3) is 5.91 Å². The summed E-state index contributed by atoms with van der Waals surface area (Å²) in [4.78, 5) is 20.6. The van der Waals surface area contributed by atoms with Crippen LogP contribution in [0.3, 0.4) is 0 Å². The molecule has 0 saturated carbocycles. The molecule has 1 aromatic rings. The third-order valence-corrected chi connectivity index (χ3v) is 3.29. The fourth-order valence-corrected chi connectivity index (χ4v) is 2.38. The SMILES string of the molecule is CC(C)CN1CCN(C(=O)c2cc(N)ccn2)CC1. The van der Waals surface area contributed by atoms with Crippen LogP contribution in [0.5, 0.6) is 0 Å². The molecule has 0 aromatic carbocycles. The predicted molar refractivity (Wildman–Crippen MR) is 75.8 cm³/mol. The number of hydrogen-bond acceptors (Lipinski definition) is 4. The molecule has 0 aliphatic carbocycles. The van der Waals surface area contributed by atoms with Crippen molar-refractivity contribution < 1.29 is 4.79 Å². The molecule has 2 N–H and O–H groups in total. The molecule has 0 bridgehead atoms. The van der Waals surface area contributed by atoms with Crippen molar-refractivity contribution >= 4 is 11.6 Å². The molecule has 1 aliphatic rings. The number of amides is 1. The van der Waals surface area contributed by atoms with Gasteiger partial charge in [-0.3, -0.25) is 14.7 Å². The molecule has 0 unspecified atom stereocenters. The van der Waals surface area contributed by atoms with Crippen LogP contribution < -0.4 is 5.73 Å². The van der Waals surface area contributed by atoms with Crippen LogP contribution in [0.25, 0.3) is 0 Å². The maximum atomic E-state index is 12.3. The number of piperazine rings is 1. The van der Waals surface area contributed by atoms with Gasteiger partial charge in [-0.15, -0.1) is 0 Å². The number of carbonyl (C=O) groups excluding carboxylic acids is 1. The summed E-state index contributed by atoms with van der Waals surface area (Å²) >= 11 is 0.